The molecule has 3 aliphatic rings. The van der Waals surface area contributed by atoms with Crippen LogP contribution >= 0.6 is 0 Å². The van der Waals surface area contributed by atoms with E-state index in [0.717, 1.165) is 72.6 Å². The minimum Gasteiger partial charge on any atom is -1.00 e. The molecule has 0 fully saturated rings. The van der Waals surface area contributed by atoms with Crippen LogP contribution < -0.4 is 27.7 Å². The smallest absolute Gasteiger partial charge is 0.303 e. The summed E-state index contributed by atoms with van der Waals surface area (Å²) < 4.78 is 8.81. The van der Waals surface area contributed by atoms with Gasteiger partial charge in [0.15, 0.2) is 0 Å². The van der Waals surface area contributed by atoms with Crippen LogP contribution in [-0.4, -0.2) is 24.2 Å². The molecule has 1 aliphatic heterocycles. The summed E-state index contributed by atoms with van der Waals surface area (Å²) >= 11 is 0. The molecule has 0 spiro atoms. The number of allylic oxidation sites excluding steroid dienone is 1. The van der Waals surface area contributed by atoms with E-state index in [1.165, 1.54) is 5.56 Å². The van der Waals surface area contributed by atoms with Crippen LogP contribution in [0.5, 0.6) is 0 Å². The second-order valence-electron chi connectivity index (χ2n) is 9.75. The molecule has 1 aromatic carbocycles. The van der Waals surface area contributed by atoms with Gasteiger partial charge in [0.05, 0.1) is 6.07 Å². The van der Waals surface area contributed by atoms with Crippen LogP contribution in [0.1, 0.15) is 64.2 Å². The van der Waals surface area contributed by atoms with Crippen molar-refractivity contribution in [1.29, 1.82) is 0 Å². The number of fused-ring (bicyclic) bond motifs is 2. The minimum absolute atomic E-state index is 0. The first-order valence-corrected chi connectivity index (χ1v) is 12.3. The molecule has 1 aromatic rings. The van der Waals surface area contributed by atoms with Crippen molar-refractivity contribution in [3.63, 3.8) is 0 Å². The maximum atomic E-state index is 10.7. The van der Waals surface area contributed by atoms with E-state index >= 15 is 0 Å². The average molecular weight is 495 g/mol. The highest BCUT2D eigenvalue weighted by Crippen LogP contribution is 2.41. The number of rotatable bonds is 9. The van der Waals surface area contributed by atoms with E-state index < -0.39 is 5.97 Å². The first kappa shape index (κ1) is 26.6. The summed E-state index contributed by atoms with van der Waals surface area (Å²) in [5.74, 6) is 1.08. The Balaban J connectivity index is 0.00000342. The van der Waals surface area contributed by atoms with Crippen molar-refractivity contribution in [3.05, 3.63) is 77.0 Å². The van der Waals surface area contributed by atoms with Crippen LogP contribution in [0.3, 0.4) is 0 Å². The summed E-state index contributed by atoms with van der Waals surface area (Å²) in [6.07, 6.45) is 5.93. The maximum absolute atomic E-state index is 10.7. The summed E-state index contributed by atoms with van der Waals surface area (Å²) in [6.45, 7) is 8.49. The number of benzene rings is 2. The van der Waals surface area contributed by atoms with E-state index in [-0.39, 0.29) is 24.2 Å². The fourth-order valence-electron chi connectivity index (χ4n) is 4.76. The van der Waals surface area contributed by atoms with Gasteiger partial charge in [-0.25, -0.2) is 4.58 Å². The highest BCUT2D eigenvalue weighted by atomic mass is 35.5. The molecular weight excluding hydrogens is 460 g/mol. The number of unbranched alkanes of at least 4 members (excludes halogenated alkanes) is 2. The van der Waals surface area contributed by atoms with Crippen molar-refractivity contribution in [2.45, 2.75) is 58.3 Å². The lowest BCUT2D eigenvalue weighted by atomic mass is 9.76. The quantitative estimate of drug-likeness (QED) is 0.354. The monoisotopic (exact) mass is 494 g/mol. The Morgan fingerprint density at radius 1 is 1.09 bits per heavy atom. The molecule has 0 radical (unpaired) electrons. The Labute approximate surface area is 214 Å². The van der Waals surface area contributed by atoms with Gasteiger partial charge in [0.1, 0.15) is 24.6 Å². The van der Waals surface area contributed by atoms with E-state index in [2.05, 4.69) is 73.1 Å². The largest absolute Gasteiger partial charge is 1.00 e. The number of carboxylic acids is 1. The van der Waals surface area contributed by atoms with E-state index in [9.17, 15) is 4.79 Å². The molecule has 0 bridgehead atoms. The Hall–Kier alpha value is -3.05. The molecule has 1 heterocycles. The van der Waals surface area contributed by atoms with Crippen LogP contribution in [0, 0.1) is 0 Å². The number of para-hydroxylation sites is 1. The van der Waals surface area contributed by atoms with Gasteiger partial charge in [-0.05, 0) is 55.9 Å². The van der Waals surface area contributed by atoms with Crippen molar-refractivity contribution in [2.75, 3.05) is 18.4 Å². The van der Waals surface area contributed by atoms with Crippen molar-refractivity contribution in [2.24, 2.45) is 0 Å². The second kappa shape index (κ2) is 11.6. The fourth-order valence-corrected chi connectivity index (χ4v) is 4.76. The van der Waals surface area contributed by atoms with Crippen molar-refractivity contribution in [3.8, 4) is 11.3 Å². The van der Waals surface area contributed by atoms with Crippen LogP contribution in [0.25, 0.3) is 17.4 Å². The maximum Gasteiger partial charge on any atom is 0.303 e. The lowest BCUT2D eigenvalue weighted by Gasteiger charge is -2.32. The Morgan fingerprint density at radius 2 is 1.86 bits per heavy atom. The Bertz CT molecular complexity index is 1230. The van der Waals surface area contributed by atoms with Crippen LogP contribution in [0.15, 0.2) is 64.7 Å². The van der Waals surface area contributed by atoms with E-state index in [1.807, 2.05) is 18.2 Å². The highest BCUT2D eigenvalue weighted by Gasteiger charge is 2.31. The summed E-state index contributed by atoms with van der Waals surface area (Å²) in [7, 11) is 0. The van der Waals surface area contributed by atoms with Crippen LogP contribution in [0.4, 0.5) is 5.69 Å². The van der Waals surface area contributed by atoms with E-state index in [0.29, 0.717) is 0 Å². The predicted octanol–water partition coefficient (Wildman–Crippen LogP) is 2.96. The molecule has 35 heavy (non-hydrogen) atoms. The summed E-state index contributed by atoms with van der Waals surface area (Å²) in [5, 5.41) is 13.5. The number of hydrogen-bond acceptors (Lipinski definition) is 3. The average Bonchev–Trinajstić information content (AvgIpc) is 2.80. The van der Waals surface area contributed by atoms with Gasteiger partial charge < -0.3 is 27.2 Å². The third-order valence-electron chi connectivity index (χ3n) is 6.59. The molecular formula is C29H35ClN2O3. The summed E-state index contributed by atoms with van der Waals surface area (Å²) in [5.41, 5.74) is 4.54. The third kappa shape index (κ3) is 6.55. The number of anilines is 1. The van der Waals surface area contributed by atoms with Gasteiger partial charge in [-0.3, -0.25) is 4.79 Å². The zero-order chi connectivity index (χ0) is 24.1. The van der Waals surface area contributed by atoms with Gasteiger partial charge in [0.25, 0.3) is 0 Å². The lowest BCUT2D eigenvalue weighted by Crippen LogP contribution is -3.00. The van der Waals surface area contributed by atoms with Crippen LogP contribution in [-0.2, 0) is 10.2 Å². The molecule has 0 saturated heterocycles. The number of carboxylic acid groups (broad SMARTS) is 1. The molecule has 6 heteroatoms. The van der Waals surface area contributed by atoms with Gasteiger partial charge in [0.2, 0.25) is 5.36 Å². The molecule has 4 rings (SSSR count). The predicted molar refractivity (Wildman–Crippen MR) is 138 cm³/mol. The SMILES string of the molecule is CC[N+](CCCCCC(=O)O)=c1ccc2cc3c(oc-2c1)C=C(Nc1ccccc1)CC3(C)C.[Cl-]. The number of halogens is 1. The molecule has 2 aliphatic carbocycles. The Morgan fingerprint density at radius 3 is 2.57 bits per heavy atom. The third-order valence-corrected chi connectivity index (χ3v) is 6.59. The Kier molecular flexibility index (Phi) is 8.79. The molecule has 0 unspecified atom stereocenters. The molecule has 5 nitrogen and oxygen atoms in total. The first-order chi connectivity index (χ1) is 16.4. The molecule has 0 amide bonds. The molecule has 0 saturated carbocycles. The molecule has 2 N–H and O–H groups in total. The van der Waals surface area contributed by atoms with Crippen molar-refractivity contribution >= 4 is 17.7 Å². The number of nitrogens with one attached hydrogen (secondary N) is 1. The van der Waals surface area contributed by atoms with Gasteiger partial charge in [-0.1, -0.05) is 32.0 Å². The normalized spacial score (nSPS) is 15.0. The van der Waals surface area contributed by atoms with Gasteiger partial charge in [-0.2, -0.15) is 0 Å². The van der Waals surface area contributed by atoms with Gasteiger partial charge in [0, 0.05) is 47.5 Å². The zero-order valence-corrected chi connectivity index (χ0v) is 21.6. The lowest BCUT2D eigenvalue weighted by molar-refractivity contribution is -0.137. The van der Waals surface area contributed by atoms with Crippen LogP contribution in [0.2, 0.25) is 0 Å². The summed E-state index contributed by atoms with van der Waals surface area (Å²) in [6, 6.07) is 19.0. The topological polar surface area (TPSA) is 65.5 Å². The standard InChI is InChI=1S/C29H34N2O3.ClH/c1-4-31(16-10-6-9-13-28(32)33)24-15-14-21-17-25-27(34-26(21)19-24)18-23(20-29(25,2)3)30-22-11-7-5-8-12-22;/h5,7-8,11-12,14-15,17-19H,4,6,9-10,13,16,20H2,1-3H3,(H,32,33);1H. The number of hydrogen-bond donors (Lipinski definition) is 2. The molecule has 0 aromatic heterocycles. The number of aliphatic carboxylic acids is 1. The zero-order valence-electron chi connectivity index (χ0n) is 20.8. The second-order valence-corrected chi connectivity index (χ2v) is 9.75. The van der Waals surface area contributed by atoms with E-state index in [4.69, 9.17) is 9.52 Å². The molecule has 186 valence electrons. The van der Waals surface area contributed by atoms with Gasteiger partial charge >= 0.3 is 5.97 Å². The van der Waals surface area contributed by atoms with Gasteiger partial charge in [-0.15, -0.1) is 0 Å². The minimum atomic E-state index is -0.717. The molecule has 0 atom stereocenters. The first-order valence-electron chi connectivity index (χ1n) is 12.3. The fraction of sp³-hybridized carbons (Fsp3) is 0.379. The van der Waals surface area contributed by atoms with E-state index in [1.54, 1.807) is 0 Å². The highest BCUT2D eigenvalue weighted by molar-refractivity contribution is 5.69. The number of nitrogens with zero attached hydrogens (tertiary/aromatic N) is 1. The number of carbonyl (C=O) groups is 1. The van der Waals surface area contributed by atoms with Crippen molar-refractivity contribution < 1.29 is 26.7 Å². The van der Waals surface area contributed by atoms with Crippen molar-refractivity contribution in [1.82, 2.24) is 4.58 Å². The summed E-state index contributed by atoms with van der Waals surface area (Å²) in [4.78, 5) is 10.7.